The molecule has 2 aromatic heterocycles. The highest BCUT2D eigenvalue weighted by Gasteiger charge is 2.20. The molecule has 2 fully saturated rings. The van der Waals surface area contributed by atoms with Gasteiger partial charge in [0, 0.05) is 58.1 Å². The topological polar surface area (TPSA) is 48.4 Å². The molecule has 6 heteroatoms. The van der Waals surface area contributed by atoms with Gasteiger partial charge in [0.05, 0.1) is 5.69 Å². The molecular formula is C18H24N6. The minimum absolute atomic E-state index is 0.928. The molecule has 0 unspecified atom stereocenters. The maximum Gasteiger partial charge on any atom is 0.134 e. The number of rotatable bonds is 4. The van der Waals surface area contributed by atoms with Crippen LogP contribution in [0.1, 0.15) is 18.5 Å². The predicted molar refractivity (Wildman–Crippen MR) is 95.2 cm³/mol. The van der Waals surface area contributed by atoms with E-state index in [9.17, 15) is 0 Å². The maximum atomic E-state index is 4.50. The maximum absolute atomic E-state index is 4.50. The predicted octanol–water partition coefficient (Wildman–Crippen LogP) is 1.79. The first kappa shape index (κ1) is 15.3. The first-order valence-electron chi connectivity index (χ1n) is 8.83. The number of aromatic nitrogens is 3. The molecule has 2 aliphatic heterocycles. The highest BCUT2D eigenvalue weighted by atomic mass is 15.3. The summed E-state index contributed by atoms with van der Waals surface area (Å²) in [6.07, 6.45) is 6.12. The van der Waals surface area contributed by atoms with E-state index in [0.29, 0.717) is 0 Å². The lowest BCUT2D eigenvalue weighted by molar-refractivity contribution is 0.246. The van der Waals surface area contributed by atoms with E-state index in [1.807, 2.05) is 12.3 Å². The molecule has 0 spiro atoms. The smallest absolute Gasteiger partial charge is 0.134 e. The van der Waals surface area contributed by atoms with Crippen LogP contribution in [-0.2, 0) is 6.54 Å². The van der Waals surface area contributed by atoms with Crippen LogP contribution in [0.3, 0.4) is 0 Å². The second-order valence-electron chi connectivity index (χ2n) is 6.51. The van der Waals surface area contributed by atoms with Gasteiger partial charge in [0.1, 0.15) is 18.0 Å². The number of hydrogen-bond donors (Lipinski definition) is 0. The Morgan fingerprint density at radius 1 is 0.792 bits per heavy atom. The molecule has 0 N–H and O–H groups in total. The summed E-state index contributed by atoms with van der Waals surface area (Å²) in [6.45, 7) is 7.26. The van der Waals surface area contributed by atoms with E-state index < -0.39 is 0 Å². The van der Waals surface area contributed by atoms with Gasteiger partial charge in [-0.25, -0.2) is 9.97 Å². The SMILES string of the molecule is c1ccc(CN2CCN(c3cc(N4CCCC4)ncn3)CC2)nc1. The van der Waals surface area contributed by atoms with Crippen LogP contribution in [0.25, 0.3) is 0 Å². The minimum Gasteiger partial charge on any atom is -0.356 e. The Labute approximate surface area is 143 Å². The zero-order valence-corrected chi connectivity index (χ0v) is 14.0. The summed E-state index contributed by atoms with van der Waals surface area (Å²) in [5, 5.41) is 0. The monoisotopic (exact) mass is 324 g/mol. The molecule has 0 amide bonds. The summed E-state index contributed by atoms with van der Waals surface area (Å²) in [5.41, 5.74) is 1.14. The average molecular weight is 324 g/mol. The first-order chi connectivity index (χ1) is 11.9. The lowest BCUT2D eigenvalue weighted by Gasteiger charge is -2.35. The molecular weight excluding hydrogens is 300 g/mol. The van der Waals surface area contributed by atoms with E-state index in [1.165, 1.54) is 12.8 Å². The molecule has 0 radical (unpaired) electrons. The van der Waals surface area contributed by atoms with Gasteiger partial charge in [-0.1, -0.05) is 6.07 Å². The summed E-state index contributed by atoms with van der Waals surface area (Å²) in [7, 11) is 0. The van der Waals surface area contributed by atoms with Crippen LogP contribution < -0.4 is 9.80 Å². The molecule has 4 rings (SSSR count). The van der Waals surface area contributed by atoms with E-state index in [0.717, 1.165) is 63.1 Å². The molecule has 0 bridgehead atoms. The fourth-order valence-corrected chi connectivity index (χ4v) is 3.49. The van der Waals surface area contributed by atoms with Crippen LogP contribution in [0.4, 0.5) is 11.6 Å². The standard InChI is InChI=1S/C18H24N6/c1-2-6-19-16(5-1)14-22-9-11-24(12-10-22)18-13-17(20-15-21-18)23-7-3-4-8-23/h1-2,5-6,13,15H,3-4,7-12,14H2. The molecule has 126 valence electrons. The van der Waals surface area contributed by atoms with Crippen molar-refractivity contribution in [2.24, 2.45) is 0 Å². The Morgan fingerprint density at radius 2 is 1.50 bits per heavy atom. The Kier molecular flexibility index (Phi) is 4.55. The van der Waals surface area contributed by atoms with Gasteiger partial charge in [-0.15, -0.1) is 0 Å². The van der Waals surface area contributed by atoms with Gasteiger partial charge in [-0.05, 0) is 25.0 Å². The van der Waals surface area contributed by atoms with Gasteiger partial charge in [0.25, 0.3) is 0 Å². The van der Waals surface area contributed by atoms with Crippen molar-refractivity contribution >= 4 is 11.6 Å². The Balaban J connectivity index is 1.36. The lowest BCUT2D eigenvalue weighted by Crippen LogP contribution is -2.46. The third kappa shape index (κ3) is 3.48. The molecule has 2 saturated heterocycles. The molecule has 2 aromatic rings. The van der Waals surface area contributed by atoms with Crippen LogP contribution in [0.2, 0.25) is 0 Å². The molecule has 0 saturated carbocycles. The van der Waals surface area contributed by atoms with E-state index in [2.05, 4.69) is 47.9 Å². The number of anilines is 2. The van der Waals surface area contributed by atoms with Gasteiger partial charge >= 0.3 is 0 Å². The number of pyridine rings is 1. The largest absolute Gasteiger partial charge is 0.356 e. The van der Waals surface area contributed by atoms with Gasteiger partial charge in [-0.2, -0.15) is 0 Å². The van der Waals surface area contributed by atoms with E-state index in [4.69, 9.17) is 0 Å². The summed E-state index contributed by atoms with van der Waals surface area (Å²) >= 11 is 0. The summed E-state index contributed by atoms with van der Waals surface area (Å²) in [4.78, 5) is 20.6. The van der Waals surface area contributed by atoms with E-state index in [-0.39, 0.29) is 0 Å². The van der Waals surface area contributed by atoms with Crippen LogP contribution in [0.15, 0.2) is 36.8 Å². The molecule has 4 heterocycles. The Morgan fingerprint density at radius 3 is 2.17 bits per heavy atom. The second kappa shape index (κ2) is 7.13. The van der Waals surface area contributed by atoms with Crippen LogP contribution >= 0.6 is 0 Å². The lowest BCUT2D eigenvalue weighted by atomic mass is 10.2. The quantitative estimate of drug-likeness (QED) is 0.855. The zero-order valence-electron chi connectivity index (χ0n) is 14.0. The summed E-state index contributed by atoms with van der Waals surface area (Å²) in [5.74, 6) is 2.14. The van der Waals surface area contributed by atoms with Crippen molar-refractivity contribution in [3.8, 4) is 0 Å². The van der Waals surface area contributed by atoms with Crippen molar-refractivity contribution in [3.05, 3.63) is 42.5 Å². The van der Waals surface area contributed by atoms with Crippen molar-refractivity contribution in [2.45, 2.75) is 19.4 Å². The molecule has 2 aliphatic rings. The number of piperazine rings is 1. The summed E-state index contributed by atoms with van der Waals surface area (Å²) in [6, 6.07) is 8.27. The Bertz CT molecular complexity index is 648. The molecule has 0 aliphatic carbocycles. The highest BCUT2D eigenvalue weighted by Crippen LogP contribution is 2.22. The van der Waals surface area contributed by atoms with Crippen LogP contribution in [0, 0.1) is 0 Å². The zero-order chi connectivity index (χ0) is 16.2. The van der Waals surface area contributed by atoms with Gasteiger partial charge < -0.3 is 9.80 Å². The third-order valence-electron chi connectivity index (χ3n) is 4.88. The molecule has 24 heavy (non-hydrogen) atoms. The highest BCUT2D eigenvalue weighted by molar-refractivity contribution is 5.50. The molecule has 0 atom stereocenters. The van der Waals surface area contributed by atoms with Gasteiger partial charge in [-0.3, -0.25) is 9.88 Å². The molecule has 6 nitrogen and oxygen atoms in total. The van der Waals surface area contributed by atoms with Crippen molar-refractivity contribution < 1.29 is 0 Å². The van der Waals surface area contributed by atoms with Gasteiger partial charge in [0.15, 0.2) is 0 Å². The second-order valence-corrected chi connectivity index (χ2v) is 6.51. The first-order valence-corrected chi connectivity index (χ1v) is 8.83. The number of hydrogen-bond acceptors (Lipinski definition) is 6. The van der Waals surface area contributed by atoms with Crippen LogP contribution in [-0.4, -0.2) is 59.1 Å². The van der Waals surface area contributed by atoms with E-state index in [1.54, 1.807) is 6.33 Å². The van der Waals surface area contributed by atoms with Crippen molar-refractivity contribution in [3.63, 3.8) is 0 Å². The Hall–Kier alpha value is -2.21. The van der Waals surface area contributed by atoms with E-state index >= 15 is 0 Å². The van der Waals surface area contributed by atoms with Gasteiger partial charge in [0.2, 0.25) is 0 Å². The van der Waals surface area contributed by atoms with Crippen molar-refractivity contribution in [1.82, 2.24) is 19.9 Å². The normalized spacial score (nSPS) is 19.0. The molecule has 0 aromatic carbocycles. The fraction of sp³-hybridized carbons (Fsp3) is 0.500. The average Bonchev–Trinajstić information content (AvgIpc) is 3.18. The number of nitrogens with zero attached hydrogens (tertiary/aromatic N) is 6. The fourth-order valence-electron chi connectivity index (χ4n) is 3.49. The van der Waals surface area contributed by atoms with Crippen LogP contribution in [0.5, 0.6) is 0 Å². The third-order valence-corrected chi connectivity index (χ3v) is 4.88. The minimum atomic E-state index is 0.928. The summed E-state index contributed by atoms with van der Waals surface area (Å²) < 4.78 is 0. The van der Waals surface area contributed by atoms with Crippen molar-refractivity contribution in [2.75, 3.05) is 49.1 Å². The van der Waals surface area contributed by atoms with Crippen molar-refractivity contribution in [1.29, 1.82) is 0 Å².